The van der Waals surface area contributed by atoms with E-state index in [-0.39, 0.29) is 29.6 Å². The van der Waals surface area contributed by atoms with Crippen molar-refractivity contribution in [1.82, 2.24) is 4.90 Å². The molecule has 5 atom stereocenters. The third-order valence-corrected chi connectivity index (χ3v) is 9.92. The summed E-state index contributed by atoms with van der Waals surface area (Å²) >= 11 is 8.13. The highest BCUT2D eigenvalue weighted by atomic mass is 35.5. The van der Waals surface area contributed by atoms with Crippen LogP contribution in [0.25, 0.3) is 0 Å². The molecule has 0 aliphatic carbocycles. The van der Waals surface area contributed by atoms with E-state index in [2.05, 4.69) is 6.08 Å². The molecule has 7 nitrogen and oxygen atoms in total. The molecule has 2 amide bonds. The summed E-state index contributed by atoms with van der Waals surface area (Å²) in [6.07, 6.45) is 11.8. The fraction of sp³-hybridized carbons (Fsp3) is 0.536. The van der Waals surface area contributed by atoms with Crippen molar-refractivity contribution in [2.45, 2.75) is 55.1 Å². The molecule has 198 valence electrons. The number of rotatable bonds is 5. The number of allylic oxidation sites excluding steroid dienone is 1. The number of halogens is 1. The molecular weight excluding hydrogens is 512 g/mol. The van der Waals surface area contributed by atoms with Crippen molar-refractivity contribution in [3.05, 3.63) is 53.1 Å². The molecule has 0 saturated carbocycles. The number of ether oxygens (including phenoxy) is 1. The molecule has 4 aliphatic heterocycles. The van der Waals surface area contributed by atoms with Crippen LogP contribution in [0.1, 0.15) is 37.7 Å². The van der Waals surface area contributed by atoms with Crippen molar-refractivity contribution in [3.8, 4) is 0 Å². The van der Waals surface area contributed by atoms with Crippen LogP contribution in [0.4, 0.5) is 5.69 Å². The van der Waals surface area contributed by atoms with Gasteiger partial charge in [0.25, 0.3) is 5.91 Å². The zero-order chi connectivity index (χ0) is 26.2. The molecule has 5 rings (SSSR count). The lowest BCUT2D eigenvalue weighted by molar-refractivity contribution is -0.153. The molecule has 0 aromatic heterocycles. The Labute approximate surface area is 226 Å². The zero-order valence-electron chi connectivity index (χ0n) is 21.0. The summed E-state index contributed by atoms with van der Waals surface area (Å²) in [5.74, 6) is -2.12. The number of carbonyl (C=O) groups excluding carboxylic acids is 3. The van der Waals surface area contributed by atoms with Crippen LogP contribution >= 0.6 is 23.4 Å². The van der Waals surface area contributed by atoms with Crippen molar-refractivity contribution in [3.63, 3.8) is 0 Å². The average Bonchev–Trinajstić information content (AvgIpc) is 3.25. The quantitative estimate of drug-likeness (QED) is 0.344. The van der Waals surface area contributed by atoms with Crippen molar-refractivity contribution in [1.29, 1.82) is 0 Å². The smallest absolute Gasteiger partial charge is 0.311 e. The van der Waals surface area contributed by atoms with E-state index in [1.807, 2.05) is 37.3 Å². The highest BCUT2D eigenvalue weighted by Gasteiger charge is 2.70. The predicted octanol–water partition coefficient (Wildman–Crippen LogP) is 3.90. The number of aliphatic hydroxyl groups excluding tert-OH is 1. The number of carbonyl (C=O) groups is 3. The fourth-order valence-electron chi connectivity index (χ4n) is 6.22. The molecule has 2 saturated heterocycles. The number of hydrogen-bond acceptors (Lipinski definition) is 6. The van der Waals surface area contributed by atoms with Gasteiger partial charge in [0, 0.05) is 24.9 Å². The molecule has 0 radical (unpaired) electrons. The molecule has 1 unspecified atom stereocenters. The highest BCUT2D eigenvalue weighted by molar-refractivity contribution is 8.02. The predicted molar refractivity (Wildman–Crippen MR) is 145 cm³/mol. The minimum absolute atomic E-state index is 0.0105. The Hall–Kier alpha value is -2.29. The third kappa shape index (κ3) is 4.51. The number of para-hydroxylation sites is 1. The normalized spacial score (nSPS) is 32.5. The molecule has 37 heavy (non-hydrogen) atoms. The number of esters is 1. The number of cyclic esters (lactones) is 1. The Bertz CT molecular complexity index is 1120. The Kier molecular flexibility index (Phi) is 7.70. The first-order chi connectivity index (χ1) is 17.9. The van der Waals surface area contributed by atoms with Gasteiger partial charge in [-0.15, -0.1) is 11.8 Å². The van der Waals surface area contributed by atoms with Crippen LogP contribution in [0.3, 0.4) is 0 Å². The van der Waals surface area contributed by atoms with E-state index in [0.717, 1.165) is 24.8 Å². The van der Waals surface area contributed by atoms with E-state index < -0.39 is 22.6 Å². The average molecular weight is 545 g/mol. The largest absolute Gasteiger partial charge is 0.465 e. The summed E-state index contributed by atoms with van der Waals surface area (Å²) in [6.45, 7) is 2.92. The molecule has 1 aromatic carbocycles. The van der Waals surface area contributed by atoms with Gasteiger partial charge in [-0.1, -0.05) is 48.0 Å². The Morgan fingerprint density at radius 1 is 1.16 bits per heavy atom. The van der Waals surface area contributed by atoms with E-state index in [4.69, 9.17) is 16.3 Å². The molecule has 0 bridgehead atoms. The zero-order valence-corrected chi connectivity index (χ0v) is 22.5. The fourth-order valence-corrected chi connectivity index (χ4v) is 8.54. The third-order valence-electron chi connectivity index (χ3n) is 7.87. The lowest BCUT2D eigenvalue weighted by Crippen LogP contribution is -2.53. The van der Waals surface area contributed by atoms with Crippen LogP contribution in [-0.4, -0.2) is 70.1 Å². The van der Waals surface area contributed by atoms with Gasteiger partial charge in [-0.25, -0.2) is 0 Å². The van der Waals surface area contributed by atoms with Gasteiger partial charge in [0.1, 0.15) is 6.04 Å². The summed E-state index contributed by atoms with van der Waals surface area (Å²) in [5.41, 5.74) is 1.51. The lowest BCUT2D eigenvalue weighted by atomic mass is 9.78. The van der Waals surface area contributed by atoms with Gasteiger partial charge in [0.05, 0.1) is 33.9 Å². The van der Waals surface area contributed by atoms with Gasteiger partial charge in [-0.2, -0.15) is 0 Å². The number of fused-ring (bicyclic) bond motifs is 2. The summed E-state index contributed by atoms with van der Waals surface area (Å²) < 4.78 is 4.75. The lowest BCUT2D eigenvalue weighted by Gasteiger charge is -2.35. The van der Waals surface area contributed by atoms with Gasteiger partial charge in [-0.3, -0.25) is 14.4 Å². The van der Waals surface area contributed by atoms with E-state index in [9.17, 15) is 19.5 Å². The molecule has 1 spiro atoms. The molecule has 2 fully saturated rings. The number of hydrogen-bond donors (Lipinski definition) is 1. The molecule has 1 N–H and O–H groups in total. The second kappa shape index (κ2) is 10.8. The molecule has 9 heteroatoms. The number of nitrogens with zero attached hydrogens (tertiary/aromatic N) is 2. The van der Waals surface area contributed by atoms with E-state index >= 15 is 0 Å². The topological polar surface area (TPSA) is 87.2 Å². The van der Waals surface area contributed by atoms with Gasteiger partial charge < -0.3 is 19.6 Å². The van der Waals surface area contributed by atoms with E-state index in [1.165, 1.54) is 0 Å². The number of benzene rings is 1. The first-order valence-electron chi connectivity index (χ1n) is 13.1. The van der Waals surface area contributed by atoms with Crippen LogP contribution in [0, 0.1) is 18.8 Å². The van der Waals surface area contributed by atoms with E-state index in [0.29, 0.717) is 43.2 Å². The molecular formula is C28H33ClN2O5S. The second-order valence-corrected chi connectivity index (χ2v) is 12.0. The number of thioether (sulfide) groups is 1. The minimum atomic E-state index is -0.899. The summed E-state index contributed by atoms with van der Waals surface area (Å²) in [4.78, 5) is 45.2. The van der Waals surface area contributed by atoms with Crippen molar-refractivity contribution in [2.75, 3.05) is 31.2 Å². The van der Waals surface area contributed by atoms with Crippen LogP contribution in [0.5, 0.6) is 0 Å². The Morgan fingerprint density at radius 2 is 2.00 bits per heavy atom. The molecule has 4 aliphatic rings. The van der Waals surface area contributed by atoms with Crippen LogP contribution < -0.4 is 4.90 Å². The summed E-state index contributed by atoms with van der Waals surface area (Å²) in [6, 6.07) is 4.74. The minimum Gasteiger partial charge on any atom is -0.465 e. The van der Waals surface area contributed by atoms with Gasteiger partial charge in [0.2, 0.25) is 5.91 Å². The molecule has 4 heterocycles. The van der Waals surface area contributed by atoms with Gasteiger partial charge >= 0.3 is 5.97 Å². The monoisotopic (exact) mass is 544 g/mol. The number of aliphatic hydroxyl groups is 1. The van der Waals surface area contributed by atoms with E-state index in [1.54, 1.807) is 27.6 Å². The highest BCUT2D eigenvalue weighted by Crippen LogP contribution is 2.61. The van der Waals surface area contributed by atoms with Gasteiger partial charge in [-0.05, 0) is 50.7 Å². The first kappa shape index (κ1) is 26.3. The first-order valence-corrected chi connectivity index (χ1v) is 14.3. The van der Waals surface area contributed by atoms with Crippen molar-refractivity contribution < 1.29 is 24.2 Å². The maximum atomic E-state index is 14.4. The Balaban J connectivity index is 1.61. The maximum Gasteiger partial charge on any atom is 0.311 e. The Morgan fingerprint density at radius 3 is 2.78 bits per heavy atom. The standard InChI is InChI=1S/C28H33ClN2O5S/c1-18-10-8-11-19(29)23(18)30-15-9-13-28-22(25(33)31(14-5-6-16-32)24(28)26(30)34)21-20(37-28)12-4-2-3-7-17-36-27(21)35/h4,8-13,20-22,24,32H,2-3,5-7,14-17H2,1H3/b12-4-/t20-,21+,22+,24?,28+/m1/s1. The summed E-state index contributed by atoms with van der Waals surface area (Å²) in [7, 11) is 0. The number of amides is 2. The van der Waals surface area contributed by atoms with Crippen LogP contribution in [0.15, 0.2) is 42.5 Å². The second-order valence-electron chi connectivity index (χ2n) is 10.2. The number of aryl methyl sites for hydroxylation is 1. The van der Waals surface area contributed by atoms with Crippen molar-refractivity contribution >= 4 is 46.8 Å². The van der Waals surface area contributed by atoms with Crippen molar-refractivity contribution in [2.24, 2.45) is 11.8 Å². The SMILES string of the molecule is Cc1cccc(Cl)c1N1CC=C[C@]23S[C@@H]4/C=C\CCCCOC(=O)[C@@H]4[C@H]2C(=O)N(CCCCO)C3C1=O. The summed E-state index contributed by atoms with van der Waals surface area (Å²) in [5, 5.41) is 9.59. The number of unbranched alkanes of at least 4 members (excludes halogenated alkanes) is 1. The van der Waals surface area contributed by atoms with Gasteiger partial charge in [0.15, 0.2) is 0 Å². The number of likely N-dealkylation sites (tertiary alicyclic amines) is 1. The van der Waals surface area contributed by atoms with Crippen LogP contribution in [0.2, 0.25) is 5.02 Å². The van der Waals surface area contributed by atoms with Crippen LogP contribution in [-0.2, 0) is 19.1 Å². The molecule has 1 aromatic rings. The number of anilines is 1. The maximum absolute atomic E-state index is 14.4.